The fourth-order valence-corrected chi connectivity index (χ4v) is 1.92. The summed E-state index contributed by atoms with van der Waals surface area (Å²) in [5.41, 5.74) is 0.721. The fourth-order valence-electron chi connectivity index (χ4n) is 1.92. The molecule has 110 valence electrons. The van der Waals surface area contributed by atoms with Gasteiger partial charge in [0.1, 0.15) is 12.4 Å². The van der Waals surface area contributed by atoms with Crippen LogP contribution < -0.4 is 5.32 Å². The highest BCUT2D eigenvalue weighted by Gasteiger charge is 2.22. The molecule has 0 radical (unpaired) electrons. The van der Waals surface area contributed by atoms with Crippen LogP contribution in [0.3, 0.4) is 0 Å². The third-order valence-electron chi connectivity index (χ3n) is 2.93. The Morgan fingerprint density at radius 2 is 2.10 bits per heavy atom. The van der Waals surface area contributed by atoms with Crippen molar-refractivity contribution in [3.8, 4) is 0 Å². The summed E-state index contributed by atoms with van der Waals surface area (Å²) < 4.78 is 1.42. The highest BCUT2D eigenvalue weighted by molar-refractivity contribution is 6.12. The van der Waals surface area contributed by atoms with E-state index < -0.39 is 16.8 Å². The maximum Gasteiger partial charge on any atom is 0.307 e. The molecule has 21 heavy (non-hydrogen) atoms. The lowest BCUT2D eigenvalue weighted by Crippen LogP contribution is -2.48. The van der Waals surface area contributed by atoms with E-state index in [0.717, 1.165) is 11.8 Å². The molecule has 0 fully saturated rings. The van der Waals surface area contributed by atoms with Crippen LogP contribution in [0.4, 0.5) is 5.69 Å². The Kier molecular flexibility index (Phi) is 4.36. The van der Waals surface area contributed by atoms with Gasteiger partial charge in [-0.15, -0.1) is 0 Å². The van der Waals surface area contributed by atoms with Gasteiger partial charge in [0.15, 0.2) is 13.7 Å². The van der Waals surface area contributed by atoms with Gasteiger partial charge in [-0.05, 0) is 5.56 Å². The molecule has 8 nitrogen and oxygen atoms in total. The minimum Gasteiger partial charge on any atom is -0.362 e. The lowest BCUT2D eigenvalue weighted by atomic mass is 10.0. The average Bonchev–Trinajstić information content (AvgIpc) is 2.89. The van der Waals surface area contributed by atoms with Crippen LogP contribution in [0.25, 0.3) is 0 Å². The summed E-state index contributed by atoms with van der Waals surface area (Å²) in [6.45, 7) is 0.145. The van der Waals surface area contributed by atoms with Gasteiger partial charge >= 0.3 is 5.69 Å². The molecule has 1 aromatic carbocycles. The van der Waals surface area contributed by atoms with Gasteiger partial charge < -0.3 is 10.2 Å². The van der Waals surface area contributed by atoms with E-state index in [2.05, 4.69) is 10.4 Å². The molecule has 9 heteroatoms. The first kappa shape index (κ1) is 15.2. The maximum atomic E-state index is 10.7. The van der Waals surface area contributed by atoms with Crippen LogP contribution in [-0.2, 0) is 0 Å². The SMILES string of the molecule is BC(O)(O)NCC(c1ccccc1)n1cc([N+](=O)[O-])cn1. The van der Waals surface area contributed by atoms with Gasteiger partial charge in [-0.25, -0.2) is 0 Å². The summed E-state index contributed by atoms with van der Waals surface area (Å²) in [5, 5.41) is 36.0. The van der Waals surface area contributed by atoms with Crippen LogP contribution in [0, 0.1) is 10.1 Å². The first-order valence-electron chi connectivity index (χ1n) is 6.30. The minimum atomic E-state index is -2.04. The van der Waals surface area contributed by atoms with Crippen LogP contribution in [-0.4, -0.2) is 45.1 Å². The highest BCUT2D eigenvalue weighted by Crippen LogP contribution is 2.20. The van der Waals surface area contributed by atoms with Crippen molar-refractivity contribution >= 4 is 13.5 Å². The Morgan fingerprint density at radius 3 is 2.62 bits per heavy atom. The Morgan fingerprint density at radius 1 is 1.43 bits per heavy atom. The van der Waals surface area contributed by atoms with Crippen molar-refractivity contribution in [3.63, 3.8) is 0 Å². The quantitative estimate of drug-likeness (QED) is 0.278. The lowest BCUT2D eigenvalue weighted by Gasteiger charge is -2.24. The van der Waals surface area contributed by atoms with Crippen LogP contribution in [0.1, 0.15) is 11.6 Å². The van der Waals surface area contributed by atoms with Gasteiger partial charge in [0.2, 0.25) is 0 Å². The second-order valence-electron chi connectivity index (χ2n) is 4.76. The molecule has 0 amide bonds. The molecule has 1 heterocycles. The van der Waals surface area contributed by atoms with Crippen molar-refractivity contribution in [1.82, 2.24) is 15.1 Å². The summed E-state index contributed by atoms with van der Waals surface area (Å²) in [7, 11) is 1.20. The van der Waals surface area contributed by atoms with Crippen LogP contribution in [0.5, 0.6) is 0 Å². The molecule has 0 saturated carbocycles. The third-order valence-corrected chi connectivity index (χ3v) is 2.93. The molecule has 0 bridgehead atoms. The molecule has 0 spiro atoms. The average molecular weight is 290 g/mol. The van der Waals surface area contributed by atoms with Crippen molar-refractivity contribution in [3.05, 3.63) is 58.4 Å². The number of aromatic nitrogens is 2. The summed E-state index contributed by atoms with van der Waals surface area (Å²) in [6, 6.07) is 8.78. The van der Waals surface area contributed by atoms with Crippen molar-refractivity contribution in [2.24, 2.45) is 0 Å². The normalized spacial score (nSPS) is 13.0. The summed E-state index contributed by atoms with van der Waals surface area (Å²) in [6.07, 6.45) is 2.47. The Balaban J connectivity index is 2.28. The van der Waals surface area contributed by atoms with E-state index in [0.29, 0.717) is 0 Å². The van der Waals surface area contributed by atoms with E-state index >= 15 is 0 Å². The maximum absolute atomic E-state index is 10.7. The zero-order valence-electron chi connectivity index (χ0n) is 11.4. The largest absolute Gasteiger partial charge is 0.362 e. The van der Waals surface area contributed by atoms with E-state index in [9.17, 15) is 20.3 Å². The van der Waals surface area contributed by atoms with Crippen molar-refractivity contribution in [2.45, 2.75) is 11.9 Å². The number of benzene rings is 1. The topological polar surface area (TPSA) is 113 Å². The van der Waals surface area contributed by atoms with Gasteiger partial charge in [0, 0.05) is 6.54 Å². The second-order valence-corrected chi connectivity index (χ2v) is 4.76. The Bertz CT molecular complexity index is 611. The molecule has 0 saturated heterocycles. The molecule has 2 rings (SSSR count). The van der Waals surface area contributed by atoms with Crippen molar-refractivity contribution < 1.29 is 15.1 Å². The Labute approximate surface area is 121 Å². The zero-order valence-corrected chi connectivity index (χ0v) is 11.4. The van der Waals surface area contributed by atoms with E-state index in [1.54, 1.807) is 0 Å². The number of hydrogen-bond acceptors (Lipinski definition) is 6. The number of aliphatic hydroxyl groups is 2. The van der Waals surface area contributed by atoms with E-state index in [4.69, 9.17) is 0 Å². The number of rotatable bonds is 6. The second kappa shape index (κ2) is 6.04. The van der Waals surface area contributed by atoms with Crippen LogP contribution in [0.15, 0.2) is 42.7 Å². The first-order chi connectivity index (χ1) is 9.87. The standard InChI is InChI=1S/C12H15BN4O4/c13-12(18,19)14-7-11(9-4-2-1-3-5-9)16-8-10(6-15-16)17(20)21/h1-6,8,11,14,18-19H,7,13H2. The highest BCUT2D eigenvalue weighted by atomic mass is 16.6. The molecular weight excluding hydrogens is 275 g/mol. The zero-order chi connectivity index (χ0) is 15.5. The number of nitrogens with zero attached hydrogens (tertiary/aromatic N) is 3. The summed E-state index contributed by atoms with van der Waals surface area (Å²) >= 11 is 0. The summed E-state index contributed by atoms with van der Waals surface area (Å²) in [4.78, 5) is 10.2. The Hall–Kier alpha value is -2.23. The predicted octanol–water partition coefficient (Wildman–Crippen LogP) is -0.801. The molecule has 1 unspecified atom stereocenters. The molecular formula is C12H15BN4O4. The molecule has 1 atom stereocenters. The summed E-state index contributed by atoms with van der Waals surface area (Å²) in [5.74, 6) is -2.04. The van der Waals surface area contributed by atoms with E-state index in [-0.39, 0.29) is 12.2 Å². The molecule has 0 aliphatic rings. The molecule has 0 aliphatic carbocycles. The molecule has 2 aromatic rings. The minimum absolute atomic E-state index is 0.119. The van der Waals surface area contributed by atoms with Crippen LogP contribution in [0.2, 0.25) is 0 Å². The van der Waals surface area contributed by atoms with E-state index in [1.807, 2.05) is 30.3 Å². The van der Waals surface area contributed by atoms with Crippen molar-refractivity contribution in [1.29, 1.82) is 0 Å². The van der Waals surface area contributed by atoms with Gasteiger partial charge in [0.05, 0.1) is 11.0 Å². The van der Waals surface area contributed by atoms with Gasteiger partial charge in [-0.3, -0.25) is 20.1 Å². The number of nitrogens with one attached hydrogen (secondary N) is 1. The fraction of sp³-hybridized carbons (Fsp3) is 0.250. The number of nitro groups is 1. The molecule has 0 aliphatic heterocycles. The van der Waals surface area contributed by atoms with E-state index in [1.165, 1.54) is 18.7 Å². The smallest absolute Gasteiger partial charge is 0.307 e. The first-order valence-corrected chi connectivity index (χ1v) is 6.30. The third kappa shape index (κ3) is 4.12. The predicted molar refractivity (Wildman–Crippen MR) is 77.2 cm³/mol. The molecule has 3 N–H and O–H groups in total. The van der Waals surface area contributed by atoms with Gasteiger partial charge in [0.25, 0.3) is 0 Å². The van der Waals surface area contributed by atoms with Crippen LogP contribution >= 0.6 is 0 Å². The number of hydrogen-bond donors (Lipinski definition) is 3. The van der Waals surface area contributed by atoms with Crippen molar-refractivity contribution in [2.75, 3.05) is 6.54 Å². The van der Waals surface area contributed by atoms with Gasteiger partial charge in [-0.2, -0.15) is 5.10 Å². The lowest BCUT2D eigenvalue weighted by molar-refractivity contribution is -0.385. The molecule has 1 aromatic heterocycles. The monoisotopic (exact) mass is 290 g/mol. The van der Waals surface area contributed by atoms with Gasteiger partial charge in [-0.1, -0.05) is 30.3 Å².